The van der Waals surface area contributed by atoms with E-state index in [9.17, 15) is 31.1 Å². The van der Waals surface area contributed by atoms with Crippen molar-refractivity contribution in [2.75, 3.05) is 6.61 Å². The predicted molar refractivity (Wildman–Crippen MR) is 59.9 cm³/mol. The number of nitrogens with two attached hydrogens (primary N) is 1. The Hall–Kier alpha value is -1.77. The summed E-state index contributed by atoms with van der Waals surface area (Å²) >= 11 is 0. The summed E-state index contributed by atoms with van der Waals surface area (Å²) in [6, 6.07) is -1.55. The van der Waals surface area contributed by atoms with E-state index in [2.05, 4.69) is 4.74 Å². The van der Waals surface area contributed by atoms with Crippen LogP contribution in [-0.2, 0) is 15.7 Å². The van der Waals surface area contributed by atoms with Gasteiger partial charge in [-0.1, -0.05) is 6.07 Å². The standard InChI is InChI=1S/C12H11F6NO2/c1-2-21-10(20)11(14,15)9(19)7-4-3-6(5-8(7)13)12(16,17)18/h3-5,9H,2,19H2,1H3/t9-/m1/s1. The smallest absolute Gasteiger partial charge is 0.416 e. The van der Waals surface area contributed by atoms with Crippen LogP contribution < -0.4 is 5.73 Å². The molecule has 1 atom stereocenters. The van der Waals surface area contributed by atoms with Gasteiger partial charge >= 0.3 is 18.1 Å². The van der Waals surface area contributed by atoms with Crippen LogP contribution in [0.4, 0.5) is 26.3 Å². The van der Waals surface area contributed by atoms with Crippen molar-refractivity contribution < 1.29 is 35.9 Å². The van der Waals surface area contributed by atoms with Gasteiger partial charge in [-0.05, 0) is 19.1 Å². The molecule has 0 aliphatic heterocycles. The van der Waals surface area contributed by atoms with Crippen molar-refractivity contribution >= 4 is 5.97 Å². The molecule has 0 unspecified atom stereocenters. The fraction of sp³-hybridized carbons (Fsp3) is 0.417. The van der Waals surface area contributed by atoms with Gasteiger partial charge in [0.2, 0.25) is 0 Å². The van der Waals surface area contributed by atoms with Crippen molar-refractivity contribution in [2.45, 2.75) is 25.1 Å². The molecule has 0 aromatic heterocycles. The lowest BCUT2D eigenvalue weighted by molar-refractivity contribution is -0.175. The third-order valence-corrected chi connectivity index (χ3v) is 2.60. The molecule has 2 N–H and O–H groups in total. The monoisotopic (exact) mass is 315 g/mol. The van der Waals surface area contributed by atoms with Crippen LogP contribution in [0.5, 0.6) is 0 Å². The quantitative estimate of drug-likeness (QED) is 0.686. The Kier molecular flexibility index (Phi) is 4.87. The maximum absolute atomic E-state index is 13.6. The van der Waals surface area contributed by atoms with Gasteiger partial charge in [0, 0.05) is 5.56 Å². The summed E-state index contributed by atoms with van der Waals surface area (Å²) in [5, 5.41) is 0. The zero-order valence-corrected chi connectivity index (χ0v) is 10.7. The average Bonchev–Trinajstić information content (AvgIpc) is 2.37. The van der Waals surface area contributed by atoms with E-state index in [1.165, 1.54) is 6.92 Å². The molecule has 1 rings (SSSR count). The maximum Gasteiger partial charge on any atom is 0.416 e. The van der Waals surface area contributed by atoms with Gasteiger partial charge in [0.25, 0.3) is 0 Å². The molecule has 118 valence electrons. The fourth-order valence-corrected chi connectivity index (χ4v) is 1.51. The second-order valence-corrected chi connectivity index (χ2v) is 4.06. The molecule has 0 aliphatic rings. The van der Waals surface area contributed by atoms with E-state index >= 15 is 0 Å². The minimum atomic E-state index is -4.83. The molecule has 0 saturated carbocycles. The lowest BCUT2D eigenvalue weighted by atomic mass is 9.99. The molecule has 0 fully saturated rings. The van der Waals surface area contributed by atoms with E-state index < -0.39 is 41.1 Å². The number of carbonyl (C=O) groups excluding carboxylic acids is 1. The molecule has 21 heavy (non-hydrogen) atoms. The summed E-state index contributed by atoms with van der Waals surface area (Å²) in [5.41, 5.74) is 2.82. The minimum absolute atomic E-state index is 0.0381. The molecule has 0 radical (unpaired) electrons. The first-order valence-corrected chi connectivity index (χ1v) is 5.69. The zero-order valence-electron chi connectivity index (χ0n) is 10.7. The van der Waals surface area contributed by atoms with E-state index in [0.717, 1.165) is 0 Å². The molecule has 0 saturated heterocycles. The van der Waals surface area contributed by atoms with Gasteiger partial charge < -0.3 is 10.5 Å². The van der Waals surface area contributed by atoms with E-state index in [0.29, 0.717) is 12.1 Å². The van der Waals surface area contributed by atoms with Crippen molar-refractivity contribution in [3.63, 3.8) is 0 Å². The second kappa shape index (κ2) is 5.92. The Morgan fingerprint density at radius 3 is 2.29 bits per heavy atom. The first-order valence-electron chi connectivity index (χ1n) is 5.69. The summed E-state index contributed by atoms with van der Waals surface area (Å²) in [6.07, 6.45) is -4.83. The summed E-state index contributed by atoms with van der Waals surface area (Å²) in [4.78, 5) is 11.1. The lowest BCUT2D eigenvalue weighted by Crippen LogP contribution is -2.42. The predicted octanol–water partition coefficient (Wildman–Crippen LogP) is 3.04. The number of carbonyl (C=O) groups is 1. The Balaban J connectivity index is 3.14. The summed E-state index contributed by atoms with van der Waals surface area (Å²) < 4.78 is 81.9. The largest absolute Gasteiger partial charge is 0.462 e. The molecule has 1 aromatic carbocycles. The van der Waals surface area contributed by atoms with E-state index in [1.807, 2.05) is 0 Å². The van der Waals surface area contributed by atoms with Gasteiger partial charge in [0.15, 0.2) is 0 Å². The first kappa shape index (κ1) is 17.3. The molecule has 0 heterocycles. The topological polar surface area (TPSA) is 52.3 Å². The first-order chi connectivity index (χ1) is 9.51. The highest BCUT2D eigenvalue weighted by molar-refractivity contribution is 5.78. The van der Waals surface area contributed by atoms with Crippen LogP contribution in [-0.4, -0.2) is 18.5 Å². The number of benzene rings is 1. The number of ether oxygens (including phenoxy) is 1. The molecular formula is C12H11F6NO2. The maximum atomic E-state index is 13.6. The number of rotatable bonds is 4. The summed E-state index contributed by atoms with van der Waals surface area (Å²) in [6.45, 7) is 0.925. The van der Waals surface area contributed by atoms with Crippen molar-refractivity contribution in [3.8, 4) is 0 Å². The average molecular weight is 315 g/mol. The Labute approximate surface area is 115 Å². The van der Waals surface area contributed by atoms with Crippen LogP contribution >= 0.6 is 0 Å². The highest BCUT2D eigenvalue weighted by Gasteiger charge is 2.48. The zero-order chi connectivity index (χ0) is 16.4. The van der Waals surface area contributed by atoms with Crippen molar-refractivity contribution in [1.82, 2.24) is 0 Å². The van der Waals surface area contributed by atoms with E-state index in [4.69, 9.17) is 5.73 Å². The normalized spacial score (nSPS) is 13.9. The molecule has 0 amide bonds. The fourth-order valence-electron chi connectivity index (χ4n) is 1.51. The van der Waals surface area contributed by atoms with E-state index in [1.54, 1.807) is 0 Å². The molecule has 0 spiro atoms. The van der Waals surface area contributed by atoms with Crippen LogP contribution in [0, 0.1) is 5.82 Å². The van der Waals surface area contributed by atoms with Crippen molar-refractivity contribution in [3.05, 3.63) is 35.1 Å². The minimum Gasteiger partial charge on any atom is -0.462 e. The molecular weight excluding hydrogens is 304 g/mol. The Bertz CT molecular complexity index is 529. The van der Waals surface area contributed by atoms with Gasteiger partial charge in [-0.3, -0.25) is 0 Å². The van der Waals surface area contributed by atoms with Gasteiger partial charge in [-0.15, -0.1) is 0 Å². The van der Waals surface area contributed by atoms with Gasteiger partial charge in [-0.2, -0.15) is 22.0 Å². The van der Waals surface area contributed by atoms with E-state index in [-0.39, 0.29) is 12.7 Å². The number of alkyl halides is 5. The molecule has 0 bridgehead atoms. The summed E-state index contributed by atoms with van der Waals surface area (Å²) in [5.74, 6) is -7.82. The van der Waals surface area contributed by atoms with Crippen LogP contribution in [0.3, 0.4) is 0 Å². The number of hydrogen-bond acceptors (Lipinski definition) is 3. The molecule has 3 nitrogen and oxygen atoms in total. The Morgan fingerprint density at radius 1 is 1.29 bits per heavy atom. The highest BCUT2D eigenvalue weighted by Crippen LogP contribution is 2.35. The summed E-state index contributed by atoms with van der Waals surface area (Å²) in [7, 11) is 0. The van der Waals surface area contributed by atoms with Gasteiger partial charge in [0.05, 0.1) is 12.2 Å². The van der Waals surface area contributed by atoms with Crippen molar-refractivity contribution in [2.24, 2.45) is 5.73 Å². The third-order valence-electron chi connectivity index (χ3n) is 2.60. The number of halogens is 6. The van der Waals surface area contributed by atoms with Gasteiger partial charge in [-0.25, -0.2) is 9.18 Å². The van der Waals surface area contributed by atoms with Crippen LogP contribution in [0.2, 0.25) is 0 Å². The van der Waals surface area contributed by atoms with Crippen LogP contribution in [0.15, 0.2) is 18.2 Å². The van der Waals surface area contributed by atoms with Crippen LogP contribution in [0.1, 0.15) is 24.1 Å². The Morgan fingerprint density at radius 2 is 1.86 bits per heavy atom. The highest BCUT2D eigenvalue weighted by atomic mass is 19.4. The second-order valence-electron chi connectivity index (χ2n) is 4.06. The molecule has 0 aliphatic carbocycles. The lowest BCUT2D eigenvalue weighted by Gasteiger charge is -2.22. The SMILES string of the molecule is CCOC(=O)C(F)(F)[C@H](N)c1ccc(C(F)(F)F)cc1F. The molecule has 1 aromatic rings. The van der Waals surface area contributed by atoms with Crippen LogP contribution in [0.25, 0.3) is 0 Å². The van der Waals surface area contributed by atoms with Crippen molar-refractivity contribution in [1.29, 1.82) is 0 Å². The third kappa shape index (κ3) is 3.66. The number of esters is 1. The number of hydrogen-bond donors (Lipinski definition) is 1. The van der Waals surface area contributed by atoms with Gasteiger partial charge in [0.1, 0.15) is 11.9 Å². The molecule has 9 heteroatoms.